The predicted octanol–water partition coefficient (Wildman–Crippen LogP) is 4.90. The van der Waals surface area contributed by atoms with Crippen molar-refractivity contribution in [2.45, 2.75) is 38.1 Å². The van der Waals surface area contributed by atoms with Crippen LogP contribution < -0.4 is 10.6 Å². The first-order chi connectivity index (χ1) is 13.8. The van der Waals surface area contributed by atoms with Gasteiger partial charge < -0.3 is 10.6 Å². The number of aromatic nitrogens is 3. The zero-order valence-corrected chi connectivity index (χ0v) is 15.6. The maximum absolute atomic E-state index is 9.13. The molecule has 0 saturated heterocycles. The molecule has 6 heteroatoms. The van der Waals surface area contributed by atoms with Crippen molar-refractivity contribution in [1.82, 2.24) is 15.0 Å². The number of nitrogens with one attached hydrogen (secondary N) is 2. The number of hydrogen-bond donors (Lipinski definition) is 2. The fourth-order valence-electron chi connectivity index (χ4n) is 3.49. The zero-order valence-electron chi connectivity index (χ0n) is 15.6. The molecule has 2 N–H and O–H groups in total. The quantitative estimate of drug-likeness (QED) is 0.664. The van der Waals surface area contributed by atoms with Crippen molar-refractivity contribution in [3.8, 4) is 17.3 Å². The molecule has 0 amide bonds. The molecule has 1 fully saturated rings. The summed E-state index contributed by atoms with van der Waals surface area (Å²) in [6.07, 6.45) is 9.61. The fourth-order valence-corrected chi connectivity index (χ4v) is 3.49. The molecule has 2 aromatic heterocycles. The second-order valence-electron chi connectivity index (χ2n) is 6.99. The van der Waals surface area contributed by atoms with E-state index in [1.807, 2.05) is 36.4 Å². The van der Waals surface area contributed by atoms with E-state index in [9.17, 15) is 0 Å². The summed E-state index contributed by atoms with van der Waals surface area (Å²) in [5.41, 5.74) is 3.24. The highest BCUT2D eigenvalue weighted by Crippen LogP contribution is 2.26. The lowest BCUT2D eigenvalue weighted by atomic mass is 9.96. The van der Waals surface area contributed by atoms with E-state index in [-0.39, 0.29) is 0 Å². The van der Waals surface area contributed by atoms with Gasteiger partial charge in [0.1, 0.15) is 5.82 Å². The average molecular weight is 370 g/mol. The van der Waals surface area contributed by atoms with Crippen molar-refractivity contribution in [1.29, 1.82) is 5.26 Å². The molecule has 4 rings (SSSR count). The third-order valence-corrected chi connectivity index (χ3v) is 4.90. The second-order valence-corrected chi connectivity index (χ2v) is 6.99. The van der Waals surface area contributed by atoms with Gasteiger partial charge >= 0.3 is 0 Å². The predicted molar refractivity (Wildman–Crippen MR) is 110 cm³/mol. The van der Waals surface area contributed by atoms with Gasteiger partial charge in [-0.3, -0.25) is 4.98 Å². The van der Waals surface area contributed by atoms with Crippen LogP contribution in [-0.2, 0) is 0 Å². The van der Waals surface area contributed by atoms with Crippen molar-refractivity contribution in [2.24, 2.45) is 0 Å². The van der Waals surface area contributed by atoms with Crippen LogP contribution in [-0.4, -0.2) is 21.0 Å². The smallest absolute Gasteiger partial charge is 0.225 e. The van der Waals surface area contributed by atoms with Gasteiger partial charge in [-0.25, -0.2) is 4.98 Å². The Labute approximate surface area is 164 Å². The number of nitrogens with zero attached hydrogens (tertiary/aromatic N) is 4. The molecule has 1 saturated carbocycles. The maximum Gasteiger partial charge on any atom is 0.225 e. The number of pyridine rings is 1. The fraction of sp³-hybridized carbons (Fsp3) is 0.273. The lowest BCUT2D eigenvalue weighted by molar-refractivity contribution is 0.461. The van der Waals surface area contributed by atoms with E-state index < -0.39 is 0 Å². The Morgan fingerprint density at radius 3 is 2.57 bits per heavy atom. The molecule has 6 nitrogen and oxygen atoms in total. The molecule has 0 unspecified atom stereocenters. The van der Waals surface area contributed by atoms with Crippen molar-refractivity contribution < 1.29 is 0 Å². The van der Waals surface area contributed by atoms with Gasteiger partial charge in [0.15, 0.2) is 0 Å². The summed E-state index contributed by atoms with van der Waals surface area (Å²) in [5, 5.41) is 15.9. The van der Waals surface area contributed by atoms with Crippen LogP contribution in [0.25, 0.3) is 11.3 Å². The molecule has 0 aliphatic heterocycles. The van der Waals surface area contributed by atoms with Crippen LogP contribution in [0.3, 0.4) is 0 Å². The van der Waals surface area contributed by atoms with Crippen LogP contribution in [0.4, 0.5) is 17.5 Å². The molecule has 0 bridgehead atoms. The number of rotatable bonds is 5. The third-order valence-electron chi connectivity index (χ3n) is 4.90. The molecule has 3 aromatic rings. The summed E-state index contributed by atoms with van der Waals surface area (Å²) in [6.45, 7) is 0. The van der Waals surface area contributed by atoms with Crippen molar-refractivity contribution in [3.63, 3.8) is 0 Å². The average Bonchev–Trinajstić information content (AvgIpc) is 2.75. The summed E-state index contributed by atoms with van der Waals surface area (Å²) in [7, 11) is 0. The van der Waals surface area contributed by atoms with Crippen LogP contribution in [0.5, 0.6) is 0 Å². The summed E-state index contributed by atoms with van der Waals surface area (Å²) < 4.78 is 0. The van der Waals surface area contributed by atoms with E-state index in [2.05, 4.69) is 26.7 Å². The van der Waals surface area contributed by atoms with Gasteiger partial charge in [0.25, 0.3) is 0 Å². The lowest BCUT2D eigenvalue weighted by Crippen LogP contribution is -2.23. The van der Waals surface area contributed by atoms with Crippen molar-refractivity contribution >= 4 is 17.5 Å². The largest absolute Gasteiger partial charge is 0.351 e. The molecule has 28 heavy (non-hydrogen) atoms. The standard InChI is InChI=1S/C22H22N6/c23-15-16-5-4-8-19(13-16)25-21-14-20(17-9-11-24-12-10-17)27-22(28-21)26-18-6-2-1-3-7-18/h4-5,8-14,18H,1-3,6-7H2,(H2,25,26,27,28). The molecular weight excluding hydrogens is 348 g/mol. The van der Waals surface area contributed by atoms with Crippen LogP contribution in [0.2, 0.25) is 0 Å². The number of hydrogen-bond acceptors (Lipinski definition) is 6. The molecule has 0 atom stereocenters. The van der Waals surface area contributed by atoms with E-state index in [4.69, 9.17) is 10.2 Å². The number of anilines is 3. The molecular formula is C22H22N6. The van der Waals surface area contributed by atoms with Crippen LogP contribution in [0, 0.1) is 11.3 Å². The Morgan fingerprint density at radius 2 is 1.79 bits per heavy atom. The minimum absolute atomic E-state index is 0.413. The van der Waals surface area contributed by atoms with E-state index in [1.165, 1.54) is 19.3 Å². The second kappa shape index (κ2) is 8.49. The molecule has 1 aromatic carbocycles. The lowest BCUT2D eigenvalue weighted by Gasteiger charge is -2.23. The van der Waals surface area contributed by atoms with Crippen LogP contribution in [0.15, 0.2) is 54.9 Å². The highest BCUT2D eigenvalue weighted by molar-refractivity contribution is 5.67. The first kappa shape index (κ1) is 17.9. The monoisotopic (exact) mass is 370 g/mol. The summed E-state index contributed by atoms with van der Waals surface area (Å²) in [4.78, 5) is 13.5. The summed E-state index contributed by atoms with van der Waals surface area (Å²) >= 11 is 0. The van der Waals surface area contributed by atoms with Gasteiger partial charge in [-0.2, -0.15) is 10.2 Å². The molecule has 1 aliphatic carbocycles. The highest BCUT2D eigenvalue weighted by Gasteiger charge is 2.15. The number of nitriles is 1. The molecule has 0 spiro atoms. The van der Waals surface area contributed by atoms with E-state index in [0.29, 0.717) is 23.4 Å². The minimum atomic E-state index is 0.413. The molecule has 140 valence electrons. The van der Waals surface area contributed by atoms with Gasteiger partial charge in [-0.15, -0.1) is 0 Å². The minimum Gasteiger partial charge on any atom is -0.351 e. The molecule has 1 aliphatic rings. The Hall–Kier alpha value is -3.46. The van der Waals surface area contributed by atoms with Gasteiger partial charge in [0.05, 0.1) is 17.3 Å². The van der Waals surface area contributed by atoms with E-state index >= 15 is 0 Å². The maximum atomic E-state index is 9.13. The van der Waals surface area contributed by atoms with Gasteiger partial charge in [0, 0.05) is 35.8 Å². The first-order valence-electron chi connectivity index (χ1n) is 9.63. The zero-order chi connectivity index (χ0) is 19.2. The Balaban J connectivity index is 1.65. The third kappa shape index (κ3) is 4.44. The van der Waals surface area contributed by atoms with E-state index in [1.54, 1.807) is 18.5 Å². The highest BCUT2D eigenvalue weighted by atomic mass is 15.2. The molecule has 2 heterocycles. The van der Waals surface area contributed by atoms with Gasteiger partial charge in [0.2, 0.25) is 5.95 Å². The van der Waals surface area contributed by atoms with Crippen molar-refractivity contribution in [3.05, 3.63) is 60.4 Å². The number of benzene rings is 1. The Morgan fingerprint density at radius 1 is 0.964 bits per heavy atom. The van der Waals surface area contributed by atoms with Crippen LogP contribution >= 0.6 is 0 Å². The Bertz CT molecular complexity index is 974. The topological polar surface area (TPSA) is 86.5 Å². The van der Waals surface area contributed by atoms with Gasteiger partial charge in [-0.1, -0.05) is 25.3 Å². The van der Waals surface area contributed by atoms with Gasteiger partial charge in [-0.05, 0) is 43.2 Å². The first-order valence-corrected chi connectivity index (χ1v) is 9.63. The SMILES string of the molecule is N#Cc1cccc(Nc2cc(-c3ccncc3)nc(NC3CCCCC3)n2)c1. The van der Waals surface area contributed by atoms with Crippen molar-refractivity contribution in [2.75, 3.05) is 10.6 Å². The van der Waals surface area contributed by atoms with Crippen LogP contribution in [0.1, 0.15) is 37.7 Å². The normalized spacial score (nSPS) is 14.2. The Kier molecular flexibility index (Phi) is 5.43. The molecule has 0 radical (unpaired) electrons. The summed E-state index contributed by atoms with van der Waals surface area (Å²) in [5.74, 6) is 1.32. The summed E-state index contributed by atoms with van der Waals surface area (Å²) in [6, 6.07) is 15.7. The van der Waals surface area contributed by atoms with E-state index in [0.717, 1.165) is 29.8 Å².